The summed E-state index contributed by atoms with van der Waals surface area (Å²) in [7, 11) is 0. The molecule has 0 N–H and O–H groups in total. The van der Waals surface area contributed by atoms with Crippen molar-refractivity contribution in [3.05, 3.63) is 65.7 Å². The minimum Gasteiger partial charge on any atom is -0.494 e. The van der Waals surface area contributed by atoms with Gasteiger partial charge in [-0.3, -0.25) is 9.59 Å². The average molecular weight is 366 g/mol. The molecule has 0 saturated carbocycles. The van der Waals surface area contributed by atoms with Crippen LogP contribution in [0.15, 0.2) is 54.6 Å². The largest absolute Gasteiger partial charge is 0.494 e. The second-order valence-electron chi connectivity index (χ2n) is 6.80. The predicted octanol–water partition coefficient (Wildman–Crippen LogP) is 3.14. The molecule has 3 rings (SSSR count). The third kappa shape index (κ3) is 5.33. The van der Waals surface area contributed by atoms with Gasteiger partial charge in [0, 0.05) is 38.2 Å². The lowest BCUT2D eigenvalue weighted by molar-refractivity contribution is -0.132. The quantitative estimate of drug-likeness (QED) is 0.738. The fourth-order valence-corrected chi connectivity index (χ4v) is 3.13. The van der Waals surface area contributed by atoms with E-state index in [-0.39, 0.29) is 11.8 Å². The van der Waals surface area contributed by atoms with Crippen LogP contribution in [-0.4, -0.2) is 54.4 Å². The molecule has 5 heteroatoms. The first-order valence-corrected chi connectivity index (χ1v) is 9.45. The number of hydrogen-bond donors (Lipinski definition) is 0. The van der Waals surface area contributed by atoms with Crippen molar-refractivity contribution >= 4 is 11.8 Å². The molecule has 0 radical (unpaired) electrons. The lowest BCUT2D eigenvalue weighted by atomic mass is 10.1. The molecule has 0 spiro atoms. The minimum atomic E-state index is 0.0401. The van der Waals surface area contributed by atoms with Crippen molar-refractivity contribution in [2.45, 2.75) is 19.8 Å². The highest BCUT2D eigenvalue weighted by molar-refractivity contribution is 5.94. The van der Waals surface area contributed by atoms with Crippen LogP contribution in [0.3, 0.4) is 0 Å². The number of carbonyl (C=O) groups is 2. The molecule has 142 valence electrons. The van der Waals surface area contributed by atoms with Gasteiger partial charge in [0.05, 0.1) is 6.61 Å². The number of para-hydroxylation sites is 1. The number of carbonyl (C=O) groups excluding carboxylic acids is 2. The van der Waals surface area contributed by atoms with Crippen molar-refractivity contribution in [1.29, 1.82) is 0 Å². The van der Waals surface area contributed by atoms with Gasteiger partial charge in [-0.05, 0) is 37.6 Å². The molecule has 2 aromatic carbocycles. The molecule has 1 aliphatic rings. The monoisotopic (exact) mass is 366 g/mol. The molecule has 27 heavy (non-hydrogen) atoms. The molecule has 0 aliphatic carbocycles. The van der Waals surface area contributed by atoms with Crippen LogP contribution in [-0.2, 0) is 4.79 Å². The molecule has 1 saturated heterocycles. The molecule has 1 fully saturated rings. The van der Waals surface area contributed by atoms with E-state index in [9.17, 15) is 9.59 Å². The Morgan fingerprint density at radius 1 is 0.889 bits per heavy atom. The standard InChI is InChI=1S/C22H26N2O3/c1-18-9-11-19(12-10-18)22(26)24-15-13-23(14-16-24)21(25)8-5-17-27-20-6-3-2-4-7-20/h2-4,6-7,9-12H,5,8,13-17H2,1H3. The summed E-state index contributed by atoms with van der Waals surface area (Å²) in [4.78, 5) is 28.6. The number of hydrogen-bond acceptors (Lipinski definition) is 3. The van der Waals surface area contributed by atoms with Crippen molar-refractivity contribution in [2.24, 2.45) is 0 Å². The Bertz CT molecular complexity index is 751. The number of aryl methyl sites for hydroxylation is 1. The molecule has 5 nitrogen and oxygen atoms in total. The van der Waals surface area contributed by atoms with Crippen LogP contribution in [0.4, 0.5) is 0 Å². The second-order valence-corrected chi connectivity index (χ2v) is 6.80. The van der Waals surface area contributed by atoms with Crippen molar-refractivity contribution in [3.63, 3.8) is 0 Å². The summed E-state index contributed by atoms with van der Waals surface area (Å²) < 4.78 is 5.63. The SMILES string of the molecule is Cc1ccc(C(=O)N2CCN(C(=O)CCCOc3ccccc3)CC2)cc1. The Morgan fingerprint density at radius 3 is 2.19 bits per heavy atom. The van der Waals surface area contributed by atoms with Crippen LogP contribution < -0.4 is 4.74 Å². The maximum Gasteiger partial charge on any atom is 0.253 e. The molecule has 0 aromatic heterocycles. The van der Waals surface area contributed by atoms with Gasteiger partial charge >= 0.3 is 0 Å². The zero-order valence-corrected chi connectivity index (χ0v) is 15.8. The lowest BCUT2D eigenvalue weighted by Gasteiger charge is -2.35. The van der Waals surface area contributed by atoms with E-state index < -0.39 is 0 Å². The molecule has 1 aliphatic heterocycles. The van der Waals surface area contributed by atoms with E-state index in [1.54, 1.807) is 0 Å². The van der Waals surface area contributed by atoms with E-state index in [1.807, 2.05) is 71.3 Å². The Morgan fingerprint density at radius 2 is 1.52 bits per heavy atom. The van der Waals surface area contributed by atoms with Crippen molar-refractivity contribution in [2.75, 3.05) is 32.8 Å². The van der Waals surface area contributed by atoms with Gasteiger partial charge in [-0.15, -0.1) is 0 Å². The van der Waals surface area contributed by atoms with E-state index in [4.69, 9.17) is 4.74 Å². The topological polar surface area (TPSA) is 49.9 Å². The Kier molecular flexibility index (Phi) is 6.47. The molecular weight excluding hydrogens is 340 g/mol. The van der Waals surface area contributed by atoms with Gasteiger partial charge in [0.1, 0.15) is 5.75 Å². The first kappa shape index (κ1) is 19.0. The normalized spacial score (nSPS) is 14.1. The fraction of sp³-hybridized carbons (Fsp3) is 0.364. The van der Waals surface area contributed by atoms with E-state index in [0.29, 0.717) is 51.2 Å². The lowest BCUT2D eigenvalue weighted by Crippen LogP contribution is -2.50. The van der Waals surface area contributed by atoms with Gasteiger partial charge in [0.2, 0.25) is 5.91 Å². The molecular formula is C22H26N2O3. The molecule has 1 heterocycles. The number of piperazine rings is 1. The van der Waals surface area contributed by atoms with E-state index in [2.05, 4.69) is 0 Å². The predicted molar refractivity (Wildman–Crippen MR) is 105 cm³/mol. The van der Waals surface area contributed by atoms with Crippen molar-refractivity contribution < 1.29 is 14.3 Å². The van der Waals surface area contributed by atoms with Gasteiger partial charge in [-0.25, -0.2) is 0 Å². The van der Waals surface area contributed by atoms with Crippen LogP contribution in [0.25, 0.3) is 0 Å². The second kappa shape index (κ2) is 9.21. The first-order chi connectivity index (χ1) is 13.1. The highest BCUT2D eigenvalue weighted by Gasteiger charge is 2.24. The fourth-order valence-electron chi connectivity index (χ4n) is 3.13. The van der Waals surface area contributed by atoms with Crippen LogP contribution in [0.2, 0.25) is 0 Å². The Hall–Kier alpha value is -2.82. The number of amides is 2. The highest BCUT2D eigenvalue weighted by Crippen LogP contribution is 2.12. The number of benzene rings is 2. The van der Waals surface area contributed by atoms with Crippen LogP contribution >= 0.6 is 0 Å². The van der Waals surface area contributed by atoms with Gasteiger partial charge in [0.25, 0.3) is 5.91 Å². The summed E-state index contributed by atoms with van der Waals surface area (Å²) in [5.74, 6) is 1.00. The highest BCUT2D eigenvalue weighted by atomic mass is 16.5. The maximum atomic E-state index is 12.5. The van der Waals surface area contributed by atoms with Crippen LogP contribution in [0, 0.1) is 6.92 Å². The molecule has 2 amide bonds. The van der Waals surface area contributed by atoms with Crippen molar-refractivity contribution in [3.8, 4) is 5.75 Å². The molecule has 0 atom stereocenters. The van der Waals surface area contributed by atoms with Crippen LogP contribution in [0.5, 0.6) is 5.75 Å². The van der Waals surface area contributed by atoms with E-state index >= 15 is 0 Å². The third-order valence-corrected chi connectivity index (χ3v) is 4.77. The smallest absolute Gasteiger partial charge is 0.253 e. The zero-order chi connectivity index (χ0) is 19.1. The van der Waals surface area contributed by atoms with Gasteiger partial charge in [-0.2, -0.15) is 0 Å². The third-order valence-electron chi connectivity index (χ3n) is 4.77. The van der Waals surface area contributed by atoms with Gasteiger partial charge < -0.3 is 14.5 Å². The number of nitrogens with zero attached hydrogens (tertiary/aromatic N) is 2. The summed E-state index contributed by atoms with van der Waals surface area (Å²) in [6.45, 7) is 4.88. The van der Waals surface area contributed by atoms with E-state index in [0.717, 1.165) is 11.3 Å². The molecule has 2 aromatic rings. The first-order valence-electron chi connectivity index (χ1n) is 9.45. The minimum absolute atomic E-state index is 0.0401. The summed E-state index contributed by atoms with van der Waals surface area (Å²) in [6.07, 6.45) is 1.16. The molecule has 0 unspecified atom stereocenters. The number of rotatable bonds is 6. The summed E-state index contributed by atoms with van der Waals surface area (Å²) >= 11 is 0. The molecule has 0 bridgehead atoms. The van der Waals surface area contributed by atoms with Gasteiger partial charge in [-0.1, -0.05) is 35.9 Å². The Labute approximate surface area is 160 Å². The summed E-state index contributed by atoms with van der Waals surface area (Å²) in [5, 5.41) is 0. The maximum absolute atomic E-state index is 12.5. The Balaban J connectivity index is 1.38. The summed E-state index contributed by atoms with van der Waals surface area (Å²) in [5.41, 5.74) is 1.84. The number of ether oxygens (including phenoxy) is 1. The van der Waals surface area contributed by atoms with Crippen molar-refractivity contribution in [1.82, 2.24) is 9.80 Å². The van der Waals surface area contributed by atoms with E-state index in [1.165, 1.54) is 0 Å². The van der Waals surface area contributed by atoms with Crippen LogP contribution in [0.1, 0.15) is 28.8 Å². The zero-order valence-electron chi connectivity index (χ0n) is 15.8. The van der Waals surface area contributed by atoms with Gasteiger partial charge in [0.15, 0.2) is 0 Å². The average Bonchev–Trinajstić information content (AvgIpc) is 2.72. The summed E-state index contributed by atoms with van der Waals surface area (Å²) in [6, 6.07) is 17.2.